The highest BCUT2D eigenvalue weighted by Gasteiger charge is 2.35. The van der Waals surface area contributed by atoms with Crippen LogP contribution in [0.4, 0.5) is 5.69 Å². The number of thioether (sulfide) groups is 1. The van der Waals surface area contributed by atoms with Gasteiger partial charge in [-0.3, -0.25) is 9.69 Å². The molecule has 3 aromatic rings. The van der Waals surface area contributed by atoms with Gasteiger partial charge in [0.15, 0.2) is 4.32 Å². The summed E-state index contributed by atoms with van der Waals surface area (Å²) in [6.07, 6.45) is 1.62. The molecule has 0 aliphatic carbocycles. The van der Waals surface area contributed by atoms with Gasteiger partial charge in [-0.25, -0.2) is 4.79 Å². The van der Waals surface area contributed by atoms with Crippen molar-refractivity contribution >= 4 is 51.9 Å². The average molecular weight is 437 g/mol. The molecule has 2 aromatic carbocycles. The Bertz CT molecular complexity index is 1200. The fourth-order valence-corrected chi connectivity index (χ4v) is 4.28. The second-order valence-corrected chi connectivity index (χ2v) is 7.95. The Morgan fingerprint density at radius 3 is 2.73 bits per heavy atom. The Balaban J connectivity index is 1.62. The topological polar surface area (TPSA) is 80.0 Å². The zero-order valence-corrected chi connectivity index (χ0v) is 17.3. The number of benzene rings is 2. The maximum absolute atomic E-state index is 13.0. The monoisotopic (exact) mass is 437 g/mol. The normalized spacial score (nSPS) is 15.1. The fraction of sp³-hybridized carbons (Fsp3) is 0.0455. The second kappa shape index (κ2) is 8.17. The Labute approximate surface area is 181 Å². The van der Waals surface area contributed by atoms with E-state index in [0.717, 1.165) is 0 Å². The van der Waals surface area contributed by atoms with E-state index >= 15 is 0 Å². The molecule has 1 N–H and O–H groups in total. The number of amides is 1. The average Bonchev–Trinajstić information content (AvgIpc) is 3.32. The lowest BCUT2D eigenvalue weighted by Crippen LogP contribution is -2.27. The smallest absolute Gasteiger partial charge is 0.335 e. The molecule has 1 aromatic heterocycles. The van der Waals surface area contributed by atoms with Crippen LogP contribution in [0.1, 0.15) is 16.1 Å². The van der Waals surface area contributed by atoms with Gasteiger partial charge in [0, 0.05) is 11.6 Å². The highest BCUT2D eigenvalue weighted by atomic mass is 32.2. The van der Waals surface area contributed by atoms with Crippen LogP contribution in [0.2, 0.25) is 0 Å². The van der Waals surface area contributed by atoms with Gasteiger partial charge < -0.3 is 14.3 Å². The van der Waals surface area contributed by atoms with Crippen LogP contribution in [0, 0.1) is 0 Å². The Morgan fingerprint density at radius 2 is 1.97 bits per heavy atom. The predicted molar refractivity (Wildman–Crippen MR) is 120 cm³/mol. The summed E-state index contributed by atoms with van der Waals surface area (Å²) in [6, 6.07) is 17.1. The molecule has 1 amide bonds. The van der Waals surface area contributed by atoms with Crippen molar-refractivity contribution < 1.29 is 23.8 Å². The van der Waals surface area contributed by atoms with Crippen LogP contribution in [0.3, 0.4) is 0 Å². The van der Waals surface area contributed by atoms with Crippen LogP contribution in [-0.2, 0) is 4.79 Å². The number of furan rings is 1. The van der Waals surface area contributed by atoms with Crippen LogP contribution in [-0.4, -0.2) is 28.4 Å². The molecule has 8 heteroatoms. The highest BCUT2D eigenvalue weighted by molar-refractivity contribution is 8.27. The molecule has 0 bridgehead atoms. The number of ether oxygens (including phenoxy) is 1. The number of hydrogen-bond acceptors (Lipinski definition) is 6. The first-order valence-corrected chi connectivity index (χ1v) is 10.0. The number of nitrogens with zero attached hydrogens (tertiary/aromatic N) is 1. The molecule has 150 valence electrons. The zero-order valence-electron chi connectivity index (χ0n) is 15.7. The Hall–Kier alpha value is -3.36. The number of thiocarbonyl (C=S) groups is 1. The van der Waals surface area contributed by atoms with Gasteiger partial charge in [0.1, 0.15) is 17.3 Å². The summed E-state index contributed by atoms with van der Waals surface area (Å²) in [5.74, 6) is 0.244. The van der Waals surface area contributed by atoms with Gasteiger partial charge in [-0.2, -0.15) is 0 Å². The number of hydrogen-bond donors (Lipinski definition) is 1. The molecule has 1 fully saturated rings. The van der Waals surface area contributed by atoms with Gasteiger partial charge in [0.05, 0.1) is 23.3 Å². The van der Waals surface area contributed by atoms with E-state index in [2.05, 4.69) is 0 Å². The van der Waals surface area contributed by atoms with Crippen LogP contribution in [0.15, 0.2) is 70.0 Å². The number of anilines is 1. The maximum Gasteiger partial charge on any atom is 0.335 e. The van der Waals surface area contributed by atoms with Crippen molar-refractivity contribution in [3.63, 3.8) is 0 Å². The first kappa shape index (κ1) is 19.9. The summed E-state index contributed by atoms with van der Waals surface area (Å²) in [6.45, 7) is 0. The summed E-state index contributed by atoms with van der Waals surface area (Å²) >= 11 is 6.58. The molecule has 6 nitrogen and oxygen atoms in total. The third-order valence-corrected chi connectivity index (χ3v) is 5.72. The molecule has 0 radical (unpaired) electrons. The van der Waals surface area contributed by atoms with Crippen molar-refractivity contribution in [3.05, 3.63) is 76.9 Å². The summed E-state index contributed by atoms with van der Waals surface area (Å²) in [7, 11) is 1.54. The van der Waals surface area contributed by atoms with E-state index in [9.17, 15) is 9.59 Å². The van der Waals surface area contributed by atoms with Gasteiger partial charge in [-0.15, -0.1) is 0 Å². The lowest BCUT2D eigenvalue weighted by atomic mass is 10.1. The summed E-state index contributed by atoms with van der Waals surface area (Å²) in [5, 5.41) is 9.16. The number of carbonyl (C=O) groups excluding carboxylic acids is 1. The molecule has 2 heterocycles. The number of para-hydroxylation sites is 2. The number of carboxylic acids is 1. The number of carboxylic acid groups (broad SMARTS) is 1. The molecule has 30 heavy (non-hydrogen) atoms. The molecule has 4 rings (SSSR count). The van der Waals surface area contributed by atoms with Crippen LogP contribution < -0.4 is 9.64 Å². The molecular weight excluding hydrogens is 422 g/mol. The van der Waals surface area contributed by atoms with E-state index in [0.29, 0.717) is 37.7 Å². The Morgan fingerprint density at radius 1 is 1.17 bits per heavy atom. The molecule has 0 unspecified atom stereocenters. The van der Waals surface area contributed by atoms with E-state index in [4.69, 9.17) is 26.5 Å². The van der Waals surface area contributed by atoms with Crippen molar-refractivity contribution in [2.75, 3.05) is 12.0 Å². The predicted octanol–water partition coefficient (Wildman–Crippen LogP) is 5.06. The molecule has 1 saturated heterocycles. The largest absolute Gasteiger partial charge is 0.495 e. The van der Waals surface area contributed by atoms with Gasteiger partial charge in [0.2, 0.25) is 0 Å². The number of carbonyl (C=O) groups is 2. The van der Waals surface area contributed by atoms with Crippen LogP contribution in [0.5, 0.6) is 5.75 Å². The molecule has 1 aliphatic rings. The van der Waals surface area contributed by atoms with Crippen LogP contribution in [0.25, 0.3) is 17.4 Å². The first-order valence-electron chi connectivity index (χ1n) is 8.82. The van der Waals surface area contributed by atoms with E-state index in [-0.39, 0.29) is 11.5 Å². The standard InChI is InChI=1S/C22H15NO5S2/c1-27-18-8-3-2-7-16(18)23-20(24)19(30-22(23)29)12-15-9-10-17(28-15)13-5-4-6-14(11-13)21(25)26/h2-12H,1H3,(H,25,26)/b19-12+. The van der Waals surface area contributed by atoms with Crippen molar-refractivity contribution in [1.29, 1.82) is 0 Å². The highest BCUT2D eigenvalue weighted by Crippen LogP contribution is 2.40. The van der Waals surface area contributed by atoms with E-state index in [1.807, 2.05) is 12.1 Å². The van der Waals surface area contributed by atoms with Crippen LogP contribution >= 0.6 is 24.0 Å². The van der Waals surface area contributed by atoms with E-state index in [1.165, 1.54) is 35.9 Å². The lowest BCUT2D eigenvalue weighted by Gasteiger charge is -2.17. The van der Waals surface area contributed by atoms with Gasteiger partial charge in [-0.05, 0) is 36.4 Å². The number of aromatic carboxylic acids is 1. The third-order valence-electron chi connectivity index (χ3n) is 4.41. The molecule has 0 saturated carbocycles. The fourth-order valence-electron chi connectivity index (χ4n) is 3.01. The van der Waals surface area contributed by atoms with E-state index < -0.39 is 5.97 Å². The molecular formula is C22H15NO5S2. The maximum atomic E-state index is 13.0. The van der Waals surface area contributed by atoms with E-state index in [1.54, 1.807) is 42.5 Å². The minimum atomic E-state index is -1.01. The zero-order chi connectivity index (χ0) is 21.3. The van der Waals surface area contributed by atoms with Crippen molar-refractivity contribution in [2.24, 2.45) is 0 Å². The summed E-state index contributed by atoms with van der Waals surface area (Å²) < 4.78 is 11.6. The first-order chi connectivity index (χ1) is 14.5. The third kappa shape index (κ3) is 3.74. The quantitative estimate of drug-likeness (QED) is 0.441. The molecule has 0 atom stereocenters. The summed E-state index contributed by atoms with van der Waals surface area (Å²) in [5.41, 5.74) is 1.38. The Kier molecular flexibility index (Phi) is 5.43. The van der Waals surface area contributed by atoms with Gasteiger partial charge in [0.25, 0.3) is 5.91 Å². The molecule has 1 aliphatic heterocycles. The van der Waals surface area contributed by atoms with Gasteiger partial charge in [-0.1, -0.05) is 48.2 Å². The SMILES string of the molecule is COc1ccccc1N1C(=O)/C(=C\c2ccc(-c3cccc(C(=O)O)c3)o2)SC1=S. The minimum absolute atomic E-state index is 0.170. The van der Waals surface area contributed by atoms with Crippen molar-refractivity contribution in [3.8, 4) is 17.1 Å². The van der Waals surface area contributed by atoms with Crippen molar-refractivity contribution in [1.82, 2.24) is 0 Å². The number of methoxy groups -OCH3 is 1. The van der Waals surface area contributed by atoms with Gasteiger partial charge >= 0.3 is 5.97 Å². The minimum Gasteiger partial charge on any atom is -0.495 e. The number of rotatable bonds is 5. The lowest BCUT2D eigenvalue weighted by molar-refractivity contribution is -0.113. The van der Waals surface area contributed by atoms with Crippen molar-refractivity contribution in [2.45, 2.75) is 0 Å². The second-order valence-electron chi connectivity index (χ2n) is 6.28. The molecule has 0 spiro atoms. The summed E-state index contributed by atoms with van der Waals surface area (Å²) in [4.78, 5) is 26.0.